The van der Waals surface area contributed by atoms with E-state index in [4.69, 9.17) is 4.74 Å². The van der Waals surface area contributed by atoms with Crippen molar-refractivity contribution in [1.29, 1.82) is 0 Å². The van der Waals surface area contributed by atoms with Gasteiger partial charge in [0, 0.05) is 14.5 Å². The highest BCUT2D eigenvalue weighted by molar-refractivity contribution is 9.11. The van der Waals surface area contributed by atoms with Crippen LogP contribution in [0.2, 0.25) is 0 Å². The number of carbonyl (C=O) groups excluding carboxylic acids is 1. The molecule has 0 atom stereocenters. The molecule has 0 heterocycles. The Kier molecular flexibility index (Phi) is 6.99. The van der Waals surface area contributed by atoms with E-state index in [1.165, 1.54) is 0 Å². The second-order valence-electron chi connectivity index (χ2n) is 5.18. The Labute approximate surface area is 158 Å². The van der Waals surface area contributed by atoms with E-state index < -0.39 is 0 Å². The lowest BCUT2D eigenvalue weighted by molar-refractivity contribution is 0.0955. The summed E-state index contributed by atoms with van der Waals surface area (Å²) in [7, 11) is 0. The average Bonchev–Trinajstić information content (AvgIpc) is 2.58. The van der Waals surface area contributed by atoms with Crippen molar-refractivity contribution >= 4 is 44.0 Å². The summed E-state index contributed by atoms with van der Waals surface area (Å²) in [4.78, 5) is 12.1. The highest BCUT2D eigenvalue weighted by atomic mass is 79.9. The van der Waals surface area contributed by atoms with Crippen LogP contribution in [0, 0.1) is 6.92 Å². The maximum Gasteiger partial charge on any atom is 0.271 e. The van der Waals surface area contributed by atoms with Crippen LogP contribution >= 0.6 is 31.9 Å². The van der Waals surface area contributed by atoms with Crippen LogP contribution in [0.4, 0.5) is 0 Å². The molecule has 0 aromatic heterocycles. The van der Waals surface area contributed by atoms with Gasteiger partial charge in [-0.25, -0.2) is 5.43 Å². The monoisotopic (exact) mass is 452 g/mol. The summed E-state index contributed by atoms with van der Waals surface area (Å²) in [6.45, 7) is 4.72. The van der Waals surface area contributed by atoms with Crippen LogP contribution in [0.3, 0.4) is 0 Å². The molecule has 6 heteroatoms. The van der Waals surface area contributed by atoms with E-state index in [-0.39, 0.29) is 5.91 Å². The van der Waals surface area contributed by atoms with Gasteiger partial charge in [0.15, 0.2) is 0 Å². The van der Waals surface area contributed by atoms with E-state index in [2.05, 4.69) is 42.4 Å². The molecule has 0 aliphatic heterocycles. The van der Waals surface area contributed by atoms with Gasteiger partial charge in [-0.3, -0.25) is 4.79 Å². The van der Waals surface area contributed by atoms with Crippen LogP contribution in [0.25, 0.3) is 0 Å². The highest BCUT2D eigenvalue weighted by Crippen LogP contribution is 2.25. The first-order valence-electron chi connectivity index (χ1n) is 7.53. The van der Waals surface area contributed by atoms with Crippen LogP contribution < -0.4 is 10.2 Å². The fraction of sp³-hybridized carbons (Fsp3) is 0.222. The van der Waals surface area contributed by atoms with Crippen LogP contribution in [-0.4, -0.2) is 18.7 Å². The molecule has 2 aromatic carbocycles. The zero-order valence-electron chi connectivity index (χ0n) is 13.5. The third-order valence-corrected chi connectivity index (χ3v) is 4.92. The fourth-order valence-electron chi connectivity index (χ4n) is 1.89. The number of amides is 1. The minimum Gasteiger partial charge on any atom is -0.494 e. The van der Waals surface area contributed by atoms with Crippen LogP contribution in [0.5, 0.6) is 5.75 Å². The predicted octanol–water partition coefficient (Wildman–Crippen LogP) is 5.07. The molecule has 2 rings (SSSR count). The summed E-state index contributed by atoms with van der Waals surface area (Å²) in [6, 6.07) is 10.9. The standard InChI is InChI=1S/C18H18Br2N2O2/c1-3-8-24-15-6-4-14(5-7-15)18(23)22-21-11-13-9-16(19)12(2)17(20)10-13/h4-7,9-11H,3,8H2,1-2H3,(H,22,23)/b21-11+. The number of halogens is 2. The van der Waals surface area contributed by atoms with Crippen LogP contribution in [0.15, 0.2) is 50.4 Å². The maximum absolute atomic E-state index is 12.1. The molecule has 0 aliphatic carbocycles. The van der Waals surface area contributed by atoms with Crippen molar-refractivity contribution < 1.29 is 9.53 Å². The van der Waals surface area contributed by atoms with Gasteiger partial charge in [0.1, 0.15) is 5.75 Å². The second-order valence-corrected chi connectivity index (χ2v) is 6.89. The first kappa shape index (κ1) is 18.7. The lowest BCUT2D eigenvalue weighted by Crippen LogP contribution is -2.17. The van der Waals surface area contributed by atoms with Crippen LogP contribution in [-0.2, 0) is 0 Å². The predicted molar refractivity (Wildman–Crippen MR) is 104 cm³/mol. The minimum atomic E-state index is -0.265. The number of nitrogens with one attached hydrogen (secondary N) is 1. The zero-order valence-corrected chi connectivity index (χ0v) is 16.6. The van der Waals surface area contributed by atoms with Gasteiger partial charge in [0.25, 0.3) is 5.91 Å². The number of hydrogen-bond acceptors (Lipinski definition) is 3. The van der Waals surface area contributed by atoms with Crippen molar-refractivity contribution in [3.63, 3.8) is 0 Å². The second kappa shape index (κ2) is 8.99. The quantitative estimate of drug-likeness (QED) is 0.490. The van der Waals surface area contributed by atoms with Gasteiger partial charge in [-0.2, -0.15) is 5.10 Å². The lowest BCUT2D eigenvalue weighted by atomic mass is 10.2. The van der Waals surface area contributed by atoms with Crippen molar-refractivity contribution in [3.8, 4) is 5.75 Å². The molecule has 1 amide bonds. The minimum absolute atomic E-state index is 0.265. The molecule has 0 unspecified atom stereocenters. The van der Waals surface area contributed by atoms with E-state index in [1.54, 1.807) is 30.5 Å². The van der Waals surface area contributed by atoms with Crippen molar-refractivity contribution in [2.75, 3.05) is 6.61 Å². The maximum atomic E-state index is 12.1. The van der Waals surface area contributed by atoms with Gasteiger partial charge < -0.3 is 4.74 Å². The van der Waals surface area contributed by atoms with Crippen molar-refractivity contribution in [1.82, 2.24) is 5.43 Å². The Morgan fingerprint density at radius 1 is 1.21 bits per heavy atom. The number of ether oxygens (including phenoxy) is 1. The lowest BCUT2D eigenvalue weighted by Gasteiger charge is -2.05. The van der Waals surface area contributed by atoms with Crippen molar-refractivity contribution in [2.45, 2.75) is 20.3 Å². The molecule has 0 spiro atoms. The van der Waals surface area contributed by atoms with Gasteiger partial charge >= 0.3 is 0 Å². The number of rotatable bonds is 6. The molecule has 0 aliphatic rings. The van der Waals surface area contributed by atoms with E-state index in [0.717, 1.165) is 32.2 Å². The molecule has 126 valence electrons. The zero-order chi connectivity index (χ0) is 17.5. The third kappa shape index (κ3) is 5.18. The molecule has 24 heavy (non-hydrogen) atoms. The Morgan fingerprint density at radius 3 is 2.42 bits per heavy atom. The Morgan fingerprint density at radius 2 is 1.83 bits per heavy atom. The van der Waals surface area contributed by atoms with Gasteiger partial charge in [-0.05, 0) is 60.9 Å². The summed E-state index contributed by atoms with van der Waals surface area (Å²) in [5, 5.41) is 4.00. The molecule has 0 saturated carbocycles. The number of carbonyl (C=O) groups is 1. The molecule has 4 nitrogen and oxygen atoms in total. The molecule has 0 bridgehead atoms. The fourth-order valence-corrected chi connectivity index (χ4v) is 3.11. The van der Waals surface area contributed by atoms with E-state index in [9.17, 15) is 4.79 Å². The molecular weight excluding hydrogens is 436 g/mol. The molecule has 1 N–H and O–H groups in total. The summed E-state index contributed by atoms with van der Waals surface area (Å²) >= 11 is 6.98. The molecule has 0 saturated heterocycles. The summed E-state index contributed by atoms with van der Waals surface area (Å²) in [5.41, 5.74) is 5.04. The summed E-state index contributed by atoms with van der Waals surface area (Å²) in [5.74, 6) is 0.491. The topological polar surface area (TPSA) is 50.7 Å². The van der Waals surface area contributed by atoms with Gasteiger partial charge in [-0.15, -0.1) is 0 Å². The largest absolute Gasteiger partial charge is 0.494 e. The highest BCUT2D eigenvalue weighted by Gasteiger charge is 2.05. The number of hydrogen-bond donors (Lipinski definition) is 1. The average molecular weight is 454 g/mol. The van der Waals surface area contributed by atoms with Gasteiger partial charge in [0.2, 0.25) is 0 Å². The first-order chi connectivity index (χ1) is 11.5. The number of benzene rings is 2. The number of hydrazone groups is 1. The van der Waals surface area contributed by atoms with E-state index in [0.29, 0.717) is 12.2 Å². The van der Waals surface area contributed by atoms with Crippen molar-refractivity contribution in [2.24, 2.45) is 5.10 Å². The van der Waals surface area contributed by atoms with Crippen LogP contribution in [0.1, 0.15) is 34.8 Å². The van der Waals surface area contributed by atoms with Gasteiger partial charge in [-0.1, -0.05) is 38.8 Å². The molecule has 0 radical (unpaired) electrons. The molecular formula is C18H18Br2N2O2. The Hall–Kier alpha value is -1.66. The Bertz CT molecular complexity index is 720. The normalized spacial score (nSPS) is 10.8. The third-order valence-electron chi connectivity index (χ3n) is 3.27. The van der Waals surface area contributed by atoms with E-state index in [1.807, 2.05) is 26.0 Å². The summed E-state index contributed by atoms with van der Waals surface area (Å²) < 4.78 is 7.45. The molecule has 0 fully saturated rings. The summed E-state index contributed by atoms with van der Waals surface area (Å²) in [6.07, 6.45) is 2.55. The number of nitrogens with zero attached hydrogens (tertiary/aromatic N) is 1. The molecule has 2 aromatic rings. The smallest absolute Gasteiger partial charge is 0.271 e. The SMILES string of the molecule is CCCOc1ccc(C(=O)N/N=C/c2cc(Br)c(C)c(Br)c2)cc1. The van der Waals surface area contributed by atoms with Crippen molar-refractivity contribution in [3.05, 3.63) is 62.0 Å². The first-order valence-corrected chi connectivity index (χ1v) is 9.11. The Balaban J connectivity index is 1.97. The van der Waals surface area contributed by atoms with E-state index >= 15 is 0 Å². The van der Waals surface area contributed by atoms with Gasteiger partial charge in [0.05, 0.1) is 12.8 Å².